The number of aromatic nitrogens is 1. The maximum Gasteiger partial charge on any atom is 0.336 e. The summed E-state index contributed by atoms with van der Waals surface area (Å²) in [6.07, 6.45) is 3.10. The summed E-state index contributed by atoms with van der Waals surface area (Å²) in [5.41, 5.74) is 4.13. The monoisotopic (exact) mass is 383 g/mol. The first-order valence-corrected chi connectivity index (χ1v) is 9.40. The molecule has 0 bridgehead atoms. The first-order chi connectivity index (χ1) is 14.2. The third-order valence-electron chi connectivity index (χ3n) is 4.74. The van der Waals surface area contributed by atoms with Crippen molar-refractivity contribution in [2.45, 2.75) is 6.42 Å². The average molecular weight is 383 g/mol. The Morgan fingerprint density at radius 3 is 2.48 bits per heavy atom. The van der Waals surface area contributed by atoms with E-state index >= 15 is 0 Å². The molecular weight excluding hydrogens is 362 g/mol. The van der Waals surface area contributed by atoms with E-state index in [0.29, 0.717) is 11.3 Å². The molecule has 0 atom stereocenters. The Kier molecular flexibility index (Phi) is 5.43. The van der Waals surface area contributed by atoms with Crippen molar-refractivity contribution in [1.82, 2.24) is 4.98 Å². The van der Waals surface area contributed by atoms with Crippen molar-refractivity contribution in [3.63, 3.8) is 0 Å². The maximum absolute atomic E-state index is 10.9. The second-order valence-corrected chi connectivity index (χ2v) is 6.68. The van der Waals surface area contributed by atoms with E-state index < -0.39 is 0 Å². The van der Waals surface area contributed by atoms with Crippen LogP contribution in [0.5, 0.6) is 5.75 Å². The summed E-state index contributed by atoms with van der Waals surface area (Å²) in [7, 11) is 1.57. The number of nitrogens with one attached hydrogen (secondary N) is 1. The van der Waals surface area contributed by atoms with Crippen LogP contribution >= 0.6 is 0 Å². The van der Waals surface area contributed by atoms with Crippen LogP contribution in [0.3, 0.4) is 0 Å². The second kappa shape index (κ2) is 8.48. The van der Waals surface area contributed by atoms with Crippen LogP contribution in [0.25, 0.3) is 21.9 Å². The highest BCUT2D eigenvalue weighted by atomic mass is 16.5. The van der Waals surface area contributed by atoms with Crippen LogP contribution < -0.4 is 10.4 Å². The van der Waals surface area contributed by atoms with Crippen LogP contribution in [0.1, 0.15) is 11.1 Å². The average Bonchev–Trinajstić information content (AvgIpc) is 3.17. The van der Waals surface area contributed by atoms with Gasteiger partial charge in [0.25, 0.3) is 0 Å². The lowest BCUT2D eigenvalue weighted by atomic mass is 10.0. The lowest BCUT2D eigenvalue weighted by molar-refractivity contribution is 0.414. The van der Waals surface area contributed by atoms with Crippen molar-refractivity contribution >= 4 is 21.9 Å². The van der Waals surface area contributed by atoms with Gasteiger partial charge in [-0.25, -0.2) is 4.79 Å². The number of rotatable bonds is 3. The number of ether oxygens (including phenoxy) is 1. The third kappa shape index (κ3) is 4.38. The summed E-state index contributed by atoms with van der Waals surface area (Å²) in [5.74, 6) is 0.682. The molecule has 5 rings (SSSR count). The predicted octanol–water partition coefficient (Wildman–Crippen LogP) is 5.56. The Balaban J connectivity index is 0.000000145. The molecule has 4 heteroatoms. The Labute approximate surface area is 168 Å². The minimum absolute atomic E-state index is 0.347. The molecule has 2 aromatic heterocycles. The number of H-pyrrole nitrogens is 1. The van der Waals surface area contributed by atoms with Crippen molar-refractivity contribution in [3.8, 4) is 5.75 Å². The molecule has 0 unspecified atom stereocenters. The number of fused-ring (bicyclic) bond motifs is 2. The molecule has 144 valence electrons. The molecule has 0 spiro atoms. The molecule has 3 aromatic carbocycles. The van der Waals surface area contributed by atoms with E-state index in [2.05, 4.69) is 65.8 Å². The fourth-order valence-corrected chi connectivity index (χ4v) is 3.26. The molecule has 0 aliphatic heterocycles. The number of hydrogen-bond acceptors (Lipinski definition) is 3. The number of hydrogen-bond donors (Lipinski definition) is 1. The molecule has 29 heavy (non-hydrogen) atoms. The first kappa shape index (κ1) is 18.6. The fourth-order valence-electron chi connectivity index (χ4n) is 3.26. The van der Waals surface area contributed by atoms with Crippen molar-refractivity contribution < 1.29 is 9.15 Å². The smallest absolute Gasteiger partial charge is 0.336 e. The minimum atomic E-state index is -0.347. The second-order valence-electron chi connectivity index (χ2n) is 6.68. The van der Waals surface area contributed by atoms with Gasteiger partial charge in [0.05, 0.1) is 7.11 Å². The van der Waals surface area contributed by atoms with Gasteiger partial charge < -0.3 is 14.1 Å². The number of para-hydroxylation sites is 1. The van der Waals surface area contributed by atoms with Gasteiger partial charge in [-0.15, -0.1) is 0 Å². The third-order valence-corrected chi connectivity index (χ3v) is 4.74. The topological polar surface area (TPSA) is 55.2 Å². The van der Waals surface area contributed by atoms with Crippen molar-refractivity contribution in [2.24, 2.45) is 0 Å². The van der Waals surface area contributed by atoms with Gasteiger partial charge >= 0.3 is 5.63 Å². The van der Waals surface area contributed by atoms with Gasteiger partial charge in [-0.05, 0) is 41.8 Å². The van der Waals surface area contributed by atoms with Gasteiger partial charge in [-0.2, -0.15) is 0 Å². The number of methoxy groups -OCH3 is 1. The van der Waals surface area contributed by atoms with Gasteiger partial charge in [0.2, 0.25) is 0 Å². The molecule has 0 saturated heterocycles. The predicted molar refractivity (Wildman–Crippen MR) is 117 cm³/mol. The standard InChI is InChI=1S/C15H13N.C10H8O3/c1-2-6-12(7-3-1)10-13-11-16-15-9-5-4-8-14(13)15;1-12-8-4-2-7-3-5-10(11)13-9(7)6-8/h1-9,11,16H,10H2;2-6H,1H3. The van der Waals surface area contributed by atoms with Gasteiger partial charge in [0.15, 0.2) is 0 Å². The highest BCUT2D eigenvalue weighted by Gasteiger charge is 2.03. The van der Waals surface area contributed by atoms with Gasteiger partial charge in [-0.1, -0.05) is 48.5 Å². The lowest BCUT2D eigenvalue weighted by Crippen LogP contribution is -1.94. The Hall–Kier alpha value is -3.79. The number of benzene rings is 3. The van der Waals surface area contributed by atoms with E-state index in [0.717, 1.165) is 11.8 Å². The molecule has 0 saturated carbocycles. The number of aromatic amines is 1. The molecule has 0 amide bonds. The molecule has 0 fully saturated rings. The summed E-state index contributed by atoms with van der Waals surface area (Å²) in [4.78, 5) is 14.2. The van der Waals surface area contributed by atoms with E-state index in [9.17, 15) is 4.79 Å². The Bertz CT molecular complexity index is 1290. The summed E-state index contributed by atoms with van der Waals surface area (Å²) in [6.45, 7) is 0. The van der Waals surface area contributed by atoms with Gasteiger partial charge in [-0.3, -0.25) is 0 Å². The zero-order valence-corrected chi connectivity index (χ0v) is 16.1. The lowest BCUT2D eigenvalue weighted by Gasteiger charge is -1.99. The molecule has 0 aliphatic rings. The molecule has 0 aliphatic carbocycles. The van der Waals surface area contributed by atoms with Crippen LogP contribution in [-0.4, -0.2) is 12.1 Å². The van der Waals surface area contributed by atoms with E-state index in [4.69, 9.17) is 9.15 Å². The molecule has 1 N–H and O–H groups in total. The van der Waals surface area contributed by atoms with Crippen LogP contribution in [-0.2, 0) is 6.42 Å². The van der Waals surface area contributed by atoms with Gasteiger partial charge in [0.1, 0.15) is 11.3 Å². The van der Waals surface area contributed by atoms with Crippen LogP contribution in [0.4, 0.5) is 0 Å². The van der Waals surface area contributed by atoms with Crippen LogP contribution in [0.2, 0.25) is 0 Å². The quantitative estimate of drug-likeness (QED) is 0.415. The molecule has 0 radical (unpaired) electrons. The SMILES string of the molecule is COc1ccc2ccc(=O)oc2c1.c1ccc(Cc2c[nH]c3ccccc23)cc1. The summed E-state index contributed by atoms with van der Waals surface area (Å²) < 4.78 is 9.97. The molecular formula is C25H21NO3. The molecule has 4 nitrogen and oxygen atoms in total. The normalized spacial score (nSPS) is 10.5. The summed E-state index contributed by atoms with van der Waals surface area (Å²) in [6, 6.07) is 27.5. The van der Waals surface area contributed by atoms with Crippen molar-refractivity contribution in [1.29, 1.82) is 0 Å². The molecule has 2 heterocycles. The highest BCUT2D eigenvalue weighted by molar-refractivity contribution is 5.83. The zero-order valence-electron chi connectivity index (χ0n) is 16.1. The van der Waals surface area contributed by atoms with Gasteiger partial charge in [0, 0.05) is 34.6 Å². The van der Waals surface area contributed by atoms with Crippen molar-refractivity contribution in [2.75, 3.05) is 7.11 Å². The van der Waals surface area contributed by atoms with Crippen LogP contribution in [0.15, 0.2) is 100 Å². The highest BCUT2D eigenvalue weighted by Crippen LogP contribution is 2.20. The Morgan fingerprint density at radius 2 is 1.66 bits per heavy atom. The Morgan fingerprint density at radius 1 is 0.897 bits per heavy atom. The van der Waals surface area contributed by atoms with E-state index in [1.165, 1.54) is 28.1 Å². The van der Waals surface area contributed by atoms with E-state index in [-0.39, 0.29) is 5.63 Å². The zero-order chi connectivity index (χ0) is 20.1. The fraction of sp³-hybridized carbons (Fsp3) is 0.0800. The maximum atomic E-state index is 10.9. The first-order valence-electron chi connectivity index (χ1n) is 9.40. The van der Waals surface area contributed by atoms with Crippen molar-refractivity contribution in [3.05, 3.63) is 113 Å². The molecule has 5 aromatic rings. The summed E-state index contributed by atoms with van der Waals surface area (Å²) in [5, 5.41) is 2.21. The summed E-state index contributed by atoms with van der Waals surface area (Å²) >= 11 is 0. The van der Waals surface area contributed by atoms with Crippen LogP contribution in [0, 0.1) is 0 Å². The largest absolute Gasteiger partial charge is 0.497 e. The van der Waals surface area contributed by atoms with E-state index in [1.54, 1.807) is 19.2 Å². The minimum Gasteiger partial charge on any atom is -0.497 e. The van der Waals surface area contributed by atoms with E-state index in [1.807, 2.05) is 12.1 Å².